The lowest BCUT2D eigenvalue weighted by Gasteiger charge is -2.32. The molecule has 2 aromatic carbocycles. The number of amides is 1. The molecule has 1 amide bonds. The molecule has 0 atom stereocenters. The summed E-state index contributed by atoms with van der Waals surface area (Å²) in [6, 6.07) is 20.5. The Balaban J connectivity index is 0.000000396. The fraction of sp³-hybridized carbons (Fsp3) is 0.414. The Morgan fingerprint density at radius 3 is 2.27 bits per heavy atom. The average molecular weight is 522 g/mol. The van der Waals surface area contributed by atoms with E-state index in [1.54, 1.807) is 16.8 Å². The van der Waals surface area contributed by atoms with Crippen molar-refractivity contribution < 1.29 is 4.79 Å². The van der Waals surface area contributed by atoms with Crippen molar-refractivity contribution in [3.05, 3.63) is 87.7 Å². The minimum absolute atomic E-state index is 0.0541. The lowest BCUT2D eigenvalue weighted by atomic mass is 9.86. The van der Waals surface area contributed by atoms with Gasteiger partial charge in [0.1, 0.15) is 0 Å². The van der Waals surface area contributed by atoms with E-state index in [1.807, 2.05) is 59.5 Å². The van der Waals surface area contributed by atoms with Crippen LogP contribution in [0.5, 0.6) is 0 Å². The van der Waals surface area contributed by atoms with E-state index in [0.717, 1.165) is 68.1 Å². The van der Waals surface area contributed by atoms with Gasteiger partial charge in [-0.2, -0.15) is 5.10 Å². The molecule has 2 fully saturated rings. The molecule has 1 aliphatic heterocycles. The van der Waals surface area contributed by atoms with Gasteiger partial charge in [0.25, 0.3) is 11.5 Å². The van der Waals surface area contributed by atoms with Crippen molar-refractivity contribution >= 4 is 17.5 Å². The Bertz CT molecular complexity index is 1220. The third-order valence-electron chi connectivity index (χ3n) is 7.25. The quantitative estimate of drug-likeness (QED) is 0.552. The molecule has 2 heterocycles. The lowest BCUT2D eigenvalue weighted by molar-refractivity contribution is 0.0664. The normalized spacial score (nSPS) is 20.1. The second kappa shape index (κ2) is 13.0. The van der Waals surface area contributed by atoms with Gasteiger partial charge in [0, 0.05) is 48.4 Å². The predicted octanol–water partition coefficient (Wildman–Crippen LogP) is 4.33. The maximum absolute atomic E-state index is 12.9. The summed E-state index contributed by atoms with van der Waals surface area (Å²) in [4.78, 5) is 29.5. The molecule has 1 aliphatic carbocycles. The van der Waals surface area contributed by atoms with Crippen molar-refractivity contribution in [2.24, 2.45) is 11.7 Å². The van der Waals surface area contributed by atoms with E-state index in [9.17, 15) is 9.59 Å². The van der Waals surface area contributed by atoms with Crippen LogP contribution >= 0.6 is 11.6 Å². The summed E-state index contributed by atoms with van der Waals surface area (Å²) in [6.07, 6.45) is 3.93. The number of carbonyl (C=O) groups excluding carboxylic acids is 1. The summed E-state index contributed by atoms with van der Waals surface area (Å²) in [6.45, 7) is 3.99. The monoisotopic (exact) mass is 521 g/mol. The maximum Gasteiger partial charge on any atom is 0.267 e. The molecule has 1 aromatic heterocycles. The van der Waals surface area contributed by atoms with Crippen LogP contribution < -0.4 is 11.3 Å². The second-order valence-corrected chi connectivity index (χ2v) is 10.3. The fourth-order valence-corrected chi connectivity index (χ4v) is 5.03. The number of likely N-dealkylation sites (N-methyl/N-ethyl adjacent to an activating group) is 1. The zero-order chi connectivity index (χ0) is 26.2. The minimum Gasteiger partial charge on any atom is -0.336 e. The number of nitrogens with two attached hydrogens (primary N) is 1. The van der Waals surface area contributed by atoms with Crippen LogP contribution in [0.15, 0.2) is 71.5 Å². The number of piperazine rings is 1. The summed E-state index contributed by atoms with van der Waals surface area (Å²) in [5, 5.41) is 5.48. The van der Waals surface area contributed by atoms with E-state index in [0.29, 0.717) is 18.0 Å². The first-order valence-corrected chi connectivity index (χ1v) is 13.4. The molecule has 0 bridgehead atoms. The van der Waals surface area contributed by atoms with Gasteiger partial charge in [-0.3, -0.25) is 9.59 Å². The molecule has 0 unspecified atom stereocenters. The van der Waals surface area contributed by atoms with Crippen molar-refractivity contribution in [2.45, 2.75) is 31.7 Å². The molecule has 5 rings (SSSR count). The van der Waals surface area contributed by atoms with Gasteiger partial charge in [0.05, 0.1) is 11.7 Å². The number of aromatic nitrogens is 2. The first kappa shape index (κ1) is 27.0. The Hall–Kier alpha value is -3.00. The molecule has 196 valence electrons. The highest BCUT2D eigenvalue weighted by molar-refractivity contribution is 6.30. The fourth-order valence-electron chi connectivity index (χ4n) is 4.88. The number of rotatable bonds is 4. The first-order chi connectivity index (χ1) is 17.9. The van der Waals surface area contributed by atoms with Gasteiger partial charge in [0.2, 0.25) is 0 Å². The summed E-state index contributed by atoms with van der Waals surface area (Å²) < 4.78 is 1.64. The van der Waals surface area contributed by atoms with Crippen LogP contribution in [0.1, 0.15) is 42.1 Å². The van der Waals surface area contributed by atoms with Crippen LogP contribution in [-0.2, 0) is 0 Å². The molecule has 2 N–H and O–H groups in total. The number of halogens is 1. The Kier molecular flexibility index (Phi) is 9.50. The highest BCUT2D eigenvalue weighted by Gasteiger charge is 2.24. The van der Waals surface area contributed by atoms with Gasteiger partial charge in [-0.25, -0.2) is 4.68 Å². The van der Waals surface area contributed by atoms with Gasteiger partial charge in [-0.05, 0) is 75.5 Å². The zero-order valence-electron chi connectivity index (χ0n) is 21.4. The number of carbonyl (C=O) groups is 1. The number of hydrogen-bond donors (Lipinski definition) is 1. The predicted molar refractivity (Wildman–Crippen MR) is 149 cm³/mol. The molecule has 0 radical (unpaired) electrons. The van der Waals surface area contributed by atoms with Crippen molar-refractivity contribution in [3.8, 4) is 11.3 Å². The Labute approximate surface area is 223 Å². The van der Waals surface area contributed by atoms with Crippen LogP contribution in [-0.4, -0.2) is 65.3 Å². The van der Waals surface area contributed by atoms with Crippen molar-refractivity contribution in [1.82, 2.24) is 19.6 Å². The van der Waals surface area contributed by atoms with Gasteiger partial charge in [-0.1, -0.05) is 41.9 Å². The van der Waals surface area contributed by atoms with Crippen molar-refractivity contribution in [3.63, 3.8) is 0 Å². The van der Waals surface area contributed by atoms with Gasteiger partial charge in [0.15, 0.2) is 0 Å². The first-order valence-electron chi connectivity index (χ1n) is 13.0. The van der Waals surface area contributed by atoms with Gasteiger partial charge in [-0.15, -0.1) is 0 Å². The molecule has 37 heavy (non-hydrogen) atoms. The maximum atomic E-state index is 12.9. The highest BCUT2D eigenvalue weighted by Crippen LogP contribution is 2.30. The molecular weight excluding hydrogens is 486 g/mol. The number of nitrogens with zero attached hydrogens (tertiary/aromatic N) is 4. The van der Waals surface area contributed by atoms with Crippen molar-refractivity contribution in [2.75, 3.05) is 39.8 Å². The number of benzene rings is 2. The molecule has 1 saturated carbocycles. The molecule has 0 spiro atoms. The summed E-state index contributed by atoms with van der Waals surface area (Å²) in [5.41, 5.74) is 7.98. The Morgan fingerprint density at radius 1 is 0.946 bits per heavy atom. The van der Waals surface area contributed by atoms with Crippen LogP contribution in [0.3, 0.4) is 0 Å². The third-order valence-corrected chi connectivity index (χ3v) is 7.50. The van der Waals surface area contributed by atoms with E-state index in [1.165, 1.54) is 0 Å². The molecular formula is C29H36ClN5O2. The van der Waals surface area contributed by atoms with Crippen LogP contribution in [0.2, 0.25) is 5.02 Å². The topological polar surface area (TPSA) is 84.5 Å². The molecule has 2 aliphatic rings. The molecule has 3 aromatic rings. The molecule has 8 heteroatoms. The smallest absolute Gasteiger partial charge is 0.267 e. The van der Waals surface area contributed by atoms with E-state index < -0.39 is 0 Å². The van der Waals surface area contributed by atoms with E-state index in [2.05, 4.69) is 17.0 Å². The summed E-state index contributed by atoms with van der Waals surface area (Å²) in [5.74, 6) is 0.607. The highest BCUT2D eigenvalue weighted by atomic mass is 35.5. The largest absolute Gasteiger partial charge is 0.336 e. The summed E-state index contributed by atoms with van der Waals surface area (Å²) in [7, 11) is 2.07. The second-order valence-electron chi connectivity index (χ2n) is 9.88. The standard InChI is InChI=1S/C23H31N5O2.C6H5Cl/c1-26-11-13-27(14-12-26)23(30)19-4-2-3-18(15-19)21-9-10-22(29)28(25-21)20-7-5-17(16-24)6-8-20;7-6-4-2-1-3-5-6/h2-4,9-10,15,17,20H,5-8,11-14,16,24H2,1H3;1-5H. The SMILES string of the molecule is CN1CCN(C(=O)c2cccc(-c3ccc(=O)n(C4CCC(CN)CC4)n3)c2)CC1.Clc1ccccc1. The average Bonchev–Trinajstić information content (AvgIpc) is 2.94. The van der Waals surface area contributed by atoms with Crippen LogP contribution in [0, 0.1) is 5.92 Å². The Morgan fingerprint density at radius 2 is 1.65 bits per heavy atom. The molecule has 1 saturated heterocycles. The van der Waals surface area contributed by atoms with Crippen molar-refractivity contribution in [1.29, 1.82) is 0 Å². The third kappa shape index (κ3) is 7.28. The minimum atomic E-state index is -0.0698. The molecule has 7 nitrogen and oxygen atoms in total. The van der Waals surface area contributed by atoms with Gasteiger partial charge < -0.3 is 15.5 Å². The zero-order valence-corrected chi connectivity index (χ0v) is 22.2. The van der Waals surface area contributed by atoms with E-state index >= 15 is 0 Å². The van der Waals surface area contributed by atoms with Crippen LogP contribution in [0.4, 0.5) is 0 Å². The number of hydrogen-bond acceptors (Lipinski definition) is 5. The lowest BCUT2D eigenvalue weighted by Crippen LogP contribution is -2.47. The van der Waals surface area contributed by atoms with Gasteiger partial charge >= 0.3 is 0 Å². The summed E-state index contributed by atoms with van der Waals surface area (Å²) >= 11 is 5.54. The van der Waals surface area contributed by atoms with E-state index in [4.69, 9.17) is 17.3 Å². The van der Waals surface area contributed by atoms with Crippen LogP contribution in [0.25, 0.3) is 11.3 Å². The van der Waals surface area contributed by atoms with E-state index in [-0.39, 0.29) is 17.5 Å².